The Labute approximate surface area is 190 Å². The van der Waals surface area contributed by atoms with Crippen LogP contribution in [0, 0.1) is 17.0 Å². The SMILES string of the molecule is CCOc1ccccc1C(=O)Oc1c(Sc2ccccc2[N+](=O)[O-])c(C)nn1C(C)(C)C. The Hall–Kier alpha value is -3.33. The van der Waals surface area contributed by atoms with Gasteiger partial charge in [-0.15, -0.1) is 0 Å². The van der Waals surface area contributed by atoms with Gasteiger partial charge in [0, 0.05) is 6.07 Å². The molecule has 0 atom stereocenters. The van der Waals surface area contributed by atoms with Gasteiger partial charge in [0.1, 0.15) is 11.3 Å². The van der Waals surface area contributed by atoms with Gasteiger partial charge in [-0.25, -0.2) is 9.48 Å². The van der Waals surface area contributed by atoms with Gasteiger partial charge in [0.2, 0.25) is 5.88 Å². The molecule has 2 aromatic carbocycles. The van der Waals surface area contributed by atoms with Gasteiger partial charge in [-0.2, -0.15) is 5.10 Å². The highest BCUT2D eigenvalue weighted by Crippen LogP contribution is 2.43. The number of benzene rings is 2. The van der Waals surface area contributed by atoms with Crippen LogP contribution in [0.1, 0.15) is 43.7 Å². The Balaban J connectivity index is 2.07. The summed E-state index contributed by atoms with van der Waals surface area (Å²) >= 11 is 1.15. The average molecular weight is 456 g/mol. The minimum atomic E-state index is -0.594. The number of carbonyl (C=O) groups is 1. The van der Waals surface area contributed by atoms with Crippen LogP contribution in [0.15, 0.2) is 58.3 Å². The number of ether oxygens (including phenoxy) is 2. The van der Waals surface area contributed by atoms with E-state index in [1.165, 1.54) is 6.07 Å². The molecule has 0 aliphatic carbocycles. The quantitative estimate of drug-likeness (QED) is 0.259. The lowest BCUT2D eigenvalue weighted by molar-refractivity contribution is -0.387. The molecule has 0 saturated carbocycles. The number of hydrogen-bond donors (Lipinski definition) is 0. The van der Waals surface area contributed by atoms with E-state index in [0.29, 0.717) is 27.8 Å². The van der Waals surface area contributed by atoms with Crippen LogP contribution < -0.4 is 9.47 Å². The monoisotopic (exact) mass is 455 g/mol. The Morgan fingerprint density at radius 3 is 2.47 bits per heavy atom. The van der Waals surface area contributed by atoms with Crippen molar-refractivity contribution in [1.82, 2.24) is 9.78 Å². The summed E-state index contributed by atoms with van der Waals surface area (Å²) in [6.07, 6.45) is 0. The van der Waals surface area contributed by atoms with Gasteiger partial charge >= 0.3 is 5.97 Å². The first-order valence-electron chi connectivity index (χ1n) is 10.1. The topological polar surface area (TPSA) is 96.5 Å². The molecule has 3 aromatic rings. The predicted octanol–water partition coefficient (Wildman–Crippen LogP) is 5.62. The van der Waals surface area contributed by atoms with Crippen LogP contribution in [0.3, 0.4) is 0 Å². The molecule has 0 saturated heterocycles. The Bertz CT molecular complexity index is 1150. The highest BCUT2D eigenvalue weighted by atomic mass is 32.2. The predicted molar refractivity (Wildman–Crippen MR) is 122 cm³/mol. The first kappa shape index (κ1) is 23.3. The lowest BCUT2D eigenvalue weighted by atomic mass is 10.1. The molecule has 0 aliphatic heterocycles. The number of aryl methyl sites for hydroxylation is 1. The van der Waals surface area contributed by atoms with Crippen molar-refractivity contribution in [1.29, 1.82) is 0 Å². The molecule has 0 unspecified atom stereocenters. The summed E-state index contributed by atoms with van der Waals surface area (Å²) in [4.78, 5) is 25.1. The highest BCUT2D eigenvalue weighted by Gasteiger charge is 2.29. The number of aromatic nitrogens is 2. The fraction of sp³-hybridized carbons (Fsp3) is 0.304. The standard InChI is InChI=1S/C23H25N3O5S/c1-6-30-18-13-9-7-11-16(18)22(27)31-21-20(15(2)24-25(21)23(3,4)5)32-19-14-10-8-12-17(19)26(28)29/h7-14H,6H2,1-5H3. The number of carbonyl (C=O) groups excluding carboxylic acids is 1. The number of hydrogen-bond acceptors (Lipinski definition) is 7. The molecule has 0 radical (unpaired) electrons. The third kappa shape index (κ3) is 4.94. The zero-order valence-electron chi connectivity index (χ0n) is 18.6. The summed E-state index contributed by atoms with van der Waals surface area (Å²) in [5, 5.41) is 16.1. The molecule has 0 spiro atoms. The lowest BCUT2D eigenvalue weighted by Gasteiger charge is -2.22. The fourth-order valence-corrected chi connectivity index (χ4v) is 4.03. The van der Waals surface area contributed by atoms with Crippen LogP contribution in [-0.2, 0) is 5.54 Å². The normalized spacial score (nSPS) is 11.3. The van der Waals surface area contributed by atoms with E-state index >= 15 is 0 Å². The van der Waals surface area contributed by atoms with Crippen LogP contribution in [0.25, 0.3) is 0 Å². The van der Waals surface area contributed by atoms with Gasteiger partial charge in [0.25, 0.3) is 5.69 Å². The van der Waals surface area contributed by atoms with E-state index in [4.69, 9.17) is 9.47 Å². The second kappa shape index (κ2) is 9.44. The first-order valence-corrected chi connectivity index (χ1v) is 10.9. The van der Waals surface area contributed by atoms with Gasteiger partial charge in [0.05, 0.1) is 32.6 Å². The second-order valence-corrected chi connectivity index (χ2v) is 9.00. The number of nitro benzene ring substituents is 1. The fourth-order valence-electron chi connectivity index (χ4n) is 3.02. The lowest BCUT2D eigenvalue weighted by Crippen LogP contribution is -2.25. The Morgan fingerprint density at radius 1 is 1.16 bits per heavy atom. The van der Waals surface area contributed by atoms with Crippen molar-refractivity contribution in [3.63, 3.8) is 0 Å². The van der Waals surface area contributed by atoms with Crippen molar-refractivity contribution in [3.8, 4) is 11.6 Å². The number of rotatable bonds is 7. The third-order valence-electron chi connectivity index (χ3n) is 4.47. The zero-order valence-corrected chi connectivity index (χ0v) is 19.4. The average Bonchev–Trinajstić information content (AvgIpc) is 3.04. The maximum absolute atomic E-state index is 13.1. The van der Waals surface area contributed by atoms with E-state index in [1.807, 2.05) is 27.7 Å². The largest absolute Gasteiger partial charge is 0.493 e. The van der Waals surface area contributed by atoms with Gasteiger partial charge in [-0.1, -0.05) is 36.0 Å². The first-order chi connectivity index (χ1) is 15.1. The van der Waals surface area contributed by atoms with Crippen LogP contribution in [-0.4, -0.2) is 27.3 Å². The molecule has 0 amide bonds. The van der Waals surface area contributed by atoms with E-state index < -0.39 is 16.4 Å². The van der Waals surface area contributed by atoms with Crippen LogP contribution in [0.5, 0.6) is 11.6 Å². The molecular weight excluding hydrogens is 430 g/mol. The highest BCUT2D eigenvalue weighted by molar-refractivity contribution is 7.99. The summed E-state index contributed by atoms with van der Waals surface area (Å²) in [6.45, 7) is 9.83. The van der Waals surface area contributed by atoms with Crippen molar-refractivity contribution in [2.24, 2.45) is 0 Å². The van der Waals surface area contributed by atoms with Gasteiger partial charge in [-0.3, -0.25) is 10.1 Å². The van der Waals surface area contributed by atoms with Gasteiger partial charge < -0.3 is 9.47 Å². The number of esters is 1. The maximum Gasteiger partial charge on any atom is 0.348 e. The molecule has 1 aromatic heterocycles. The second-order valence-electron chi connectivity index (χ2n) is 7.95. The van der Waals surface area contributed by atoms with E-state index in [0.717, 1.165) is 11.8 Å². The Morgan fingerprint density at radius 2 is 1.81 bits per heavy atom. The van der Waals surface area contributed by atoms with E-state index in [2.05, 4.69) is 5.10 Å². The summed E-state index contributed by atoms with van der Waals surface area (Å²) < 4.78 is 13.0. The summed E-state index contributed by atoms with van der Waals surface area (Å²) in [6, 6.07) is 13.3. The molecule has 0 fully saturated rings. The van der Waals surface area contributed by atoms with Crippen molar-refractivity contribution in [2.75, 3.05) is 6.61 Å². The van der Waals surface area contributed by atoms with E-state index in [-0.39, 0.29) is 17.1 Å². The molecule has 168 valence electrons. The summed E-state index contributed by atoms with van der Waals surface area (Å²) in [5.74, 6) is 0.0600. The van der Waals surface area contributed by atoms with Crippen molar-refractivity contribution < 1.29 is 19.2 Å². The molecule has 8 nitrogen and oxygen atoms in total. The van der Waals surface area contributed by atoms with Crippen LogP contribution in [0.4, 0.5) is 5.69 Å². The molecule has 0 aliphatic rings. The maximum atomic E-state index is 13.1. The van der Waals surface area contributed by atoms with Gasteiger partial charge in [0.15, 0.2) is 0 Å². The van der Waals surface area contributed by atoms with Crippen LogP contribution in [0.2, 0.25) is 0 Å². The zero-order chi connectivity index (χ0) is 23.5. The van der Waals surface area contributed by atoms with Gasteiger partial charge in [-0.05, 0) is 52.8 Å². The minimum absolute atomic E-state index is 0.0284. The van der Waals surface area contributed by atoms with Crippen molar-refractivity contribution >= 4 is 23.4 Å². The van der Waals surface area contributed by atoms with Crippen molar-refractivity contribution in [3.05, 3.63) is 69.9 Å². The van der Waals surface area contributed by atoms with Crippen LogP contribution >= 0.6 is 11.8 Å². The molecular formula is C23H25N3O5S. The van der Waals surface area contributed by atoms with E-state index in [9.17, 15) is 14.9 Å². The van der Waals surface area contributed by atoms with E-state index in [1.54, 1.807) is 54.1 Å². The number of nitrogens with zero attached hydrogens (tertiary/aromatic N) is 3. The smallest absolute Gasteiger partial charge is 0.348 e. The number of para-hydroxylation sites is 2. The molecule has 0 bridgehead atoms. The Kier molecular flexibility index (Phi) is 6.88. The summed E-state index contributed by atoms with van der Waals surface area (Å²) in [7, 11) is 0. The molecule has 0 N–H and O–H groups in total. The number of nitro groups is 1. The molecule has 3 rings (SSSR count). The third-order valence-corrected chi connectivity index (χ3v) is 5.71. The van der Waals surface area contributed by atoms with Crippen molar-refractivity contribution in [2.45, 2.75) is 49.9 Å². The minimum Gasteiger partial charge on any atom is -0.493 e. The molecule has 9 heteroatoms. The molecule has 1 heterocycles. The molecule has 32 heavy (non-hydrogen) atoms. The summed E-state index contributed by atoms with van der Waals surface area (Å²) in [5.41, 5.74) is 0.361.